The molecule has 1 saturated heterocycles. The van der Waals surface area contributed by atoms with Crippen molar-refractivity contribution in [1.82, 2.24) is 9.80 Å². The maximum atomic E-state index is 11.7. The van der Waals surface area contributed by atoms with Crippen molar-refractivity contribution in [2.45, 2.75) is 13.0 Å². The number of rotatable bonds is 3. The van der Waals surface area contributed by atoms with Crippen molar-refractivity contribution >= 4 is 6.03 Å². The van der Waals surface area contributed by atoms with Crippen molar-refractivity contribution in [3.8, 4) is 0 Å². The third-order valence-electron chi connectivity index (χ3n) is 3.16. The predicted molar refractivity (Wildman–Crippen MR) is 65.7 cm³/mol. The van der Waals surface area contributed by atoms with Gasteiger partial charge in [-0.05, 0) is 12.5 Å². The number of aliphatic hydroxyl groups excluding tert-OH is 1. The summed E-state index contributed by atoms with van der Waals surface area (Å²) in [6, 6.07) is 7.75. The number of aryl methyl sites for hydroxylation is 1. The molecule has 4 heteroatoms. The van der Waals surface area contributed by atoms with E-state index in [1.54, 1.807) is 16.8 Å². The van der Waals surface area contributed by atoms with Crippen LogP contribution >= 0.6 is 0 Å². The number of aliphatic hydroxyl groups is 1. The minimum absolute atomic E-state index is 0.00355. The molecule has 1 aromatic rings. The first-order chi connectivity index (χ1) is 8.08. The Hall–Kier alpha value is -1.55. The second-order valence-electron chi connectivity index (χ2n) is 4.58. The number of urea groups is 1. The Kier molecular flexibility index (Phi) is 3.33. The maximum Gasteiger partial charge on any atom is 0.319 e. The highest BCUT2D eigenvalue weighted by Crippen LogP contribution is 2.17. The van der Waals surface area contributed by atoms with Gasteiger partial charge >= 0.3 is 6.03 Å². The quantitative estimate of drug-likeness (QED) is 0.859. The van der Waals surface area contributed by atoms with Crippen LogP contribution in [0.2, 0.25) is 0 Å². The number of benzene rings is 1. The van der Waals surface area contributed by atoms with Crippen LogP contribution in [0.4, 0.5) is 4.79 Å². The fourth-order valence-electron chi connectivity index (χ4n) is 1.98. The highest BCUT2D eigenvalue weighted by Gasteiger charge is 2.27. The molecule has 0 radical (unpaired) electrons. The smallest absolute Gasteiger partial charge is 0.319 e. The van der Waals surface area contributed by atoms with E-state index in [0.29, 0.717) is 13.1 Å². The molecule has 1 aromatic carbocycles. The van der Waals surface area contributed by atoms with Crippen molar-refractivity contribution in [2.75, 3.05) is 26.7 Å². The van der Waals surface area contributed by atoms with Gasteiger partial charge in [-0.3, -0.25) is 0 Å². The lowest BCUT2D eigenvalue weighted by molar-refractivity contribution is 0.129. The highest BCUT2D eigenvalue weighted by atomic mass is 16.3. The van der Waals surface area contributed by atoms with E-state index in [0.717, 1.165) is 17.7 Å². The SMILES string of the molecule is Cc1ccc(C(O)CN2CCN(C)C2=O)cc1. The van der Waals surface area contributed by atoms with Crippen LogP contribution in [0.25, 0.3) is 0 Å². The highest BCUT2D eigenvalue weighted by molar-refractivity contribution is 5.76. The van der Waals surface area contributed by atoms with Crippen LogP contribution < -0.4 is 0 Å². The van der Waals surface area contributed by atoms with Gasteiger partial charge in [-0.25, -0.2) is 4.79 Å². The van der Waals surface area contributed by atoms with E-state index in [1.807, 2.05) is 31.2 Å². The van der Waals surface area contributed by atoms with E-state index in [2.05, 4.69) is 0 Å². The molecule has 92 valence electrons. The minimum atomic E-state index is -0.606. The monoisotopic (exact) mass is 234 g/mol. The molecule has 0 spiro atoms. The van der Waals surface area contributed by atoms with E-state index in [4.69, 9.17) is 0 Å². The molecule has 1 aliphatic heterocycles. The van der Waals surface area contributed by atoms with Gasteiger partial charge in [-0.1, -0.05) is 29.8 Å². The molecular formula is C13H18N2O2. The van der Waals surface area contributed by atoms with E-state index < -0.39 is 6.10 Å². The molecule has 0 aromatic heterocycles. The molecule has 1 heterocycles. The number of amides is 2. The van der Waals surface area contributed by atoms with Gasteiger partial charge in [-0.2, -0.15) is 0 Å². The van der Waals surface area contributed by atoms with Gasteiger partial charge in [-0.15, -0.1) is 0 Å². The van der Waals surface area contributed by atoms with E-state index in [9.17, 15) is 9.90 Å². The predicted octanol–water partition coefficient (Wildman–Crippen LogP) is 1.40. The molecule has 0 saturated carbocycles. The van der Waals surface area contributed by atoms with Crippen LogP contribution in [0.15, 0.2) is 24.3 Å². The molecule has 0 bridgehead atoms. The Morgan fingerprint density at radius 1 is 1.29 bits per heavy atom. The molecule has 2 rings (SSSR count). The molecule has 1 aliphatic rings. The van der Waals surface area contributed by atoms with E-state index in [1.165, 1.54) is 0 Å². The Bertz CT molecular complexity index is 402. The number of β-amino-alcohol motifs (C(OH)–C–C–N with tert-alkyl or cyclic N) is 1. The van der Waals surface area contributed by atoms with Crippen molar-refractivity contribution in [3.63, 3.8) is 0 Å². The number of likely N-dealkylation sites (N-methyl/N-ethyl adjacent to an activating group) is 1. The van der Waals surface area contributed by atoms with Crippen LogP contribution in [0.5, 0.6) is 0 Å². The van der Waals surface area contributed by atoms with Crippen molar-refractivity contribution in [3.05, 3.63) is 35.4 Å². The standard InChI is InChI=1S/C13H18N2O2/c1-10-3-5-11(6-4-10)12(16)9-15-8-7-14(2)13(15)17/h3-6,12,16H,7-9H2,1-2H3. The minimum Gasteiger partial charge on any atom is -0.387 e. The zero-order valence-corrected chi connectivity index (χ0v) is 10.3. The molecule has 2 amide bonds. The van der Waals surface area contributed by atoms with Gasteiger partial charge in [0.05, 0.1) is 12.6 Å². The average molecular weight is 234 g/mol. The summed E-state index contributed by atoms with van der Waals surface area (Å²) in [6.45, 7) is 3.80. The van der Waals surface area contributed by atoms with Gasteiger partial charge < -0.3 is 14.9 Å². The number of carbonyl (C=O) groups is 1. The maximum absolute atomic E-state index is 11.7. The molecule has 4 nitrogen and oxygen atoms in total. The van der Waals surface area contributed by atoms with Crippen molar-refractivity contribution in [2.24, 2.45) is 0 Å². The second kappa shape index (κ2) is 4.75. The summed E-state index contributed by atoms with van der Waals surface area (Å²) in [6.07, 6.45) is -0.606. The van der Waals surface area contributed by atoms with Crippen LogP contribution in [0.1, 0.15) is 17.2 Å². The second-order valence-corrected chi connectivity index (χ2v) is 4.58. The average Bonchev–Trinajstić information content (AvgIpc) is 2.62. The largest absolute Gasteiger partial charge is 0.387 e. The van der Waals surface area contributed by atoms with E-state index in [-0.39, 0.29) is 6.03 Å². The summed E-state index contributed by atoms with van der Waals surface area (Å²) in [7, 11) is 1.78. The molecule has 0 aliphatic carbocycles. The normalized spacial score (nSPS) is 17.7. The van der Waals surface area contributed by atoms with Gasteiger partial charge in [0.1, 0.15) is 0 Å². The molecular weight excluding hydrogens is 216 g/mol. The van der Waals surface area contributed by atoms with Crippen molar-refractivity contribution in [1.29, 1.82) is 0 Å². The third-order valence-corrected chi connectivity index (χ3v) is 3.16. The molecule has 1 atom stereocenters. The number of hydrogen-bond donors (Lipinski definition) is 1. The summed E-state index contributed by atoms with van der Waals surface area (Å²) >= 11 is 0. The zero-order valence-electron chi connectivity index (χ0n) is 10.3. The summed E-state index contributed by atoms with van der Waals surface area (Å²) in [4.78, 5) is 15.0. The summed E-state index contributed by atoms with van der Waals surface area (Å²) in [5, 5.41) is 10.1. The van der Waals surface area contributed by atoms with Crippen LogP contribution in [-0.2, 0) is 0 Å². The number of nitrogens with zero attached hydrogens (tertiary/aromatic N) is 2. The topological polar surface area (TPSA) is 43.8 Å². The first-order valence-electron chi connectivity index (χ1n) is 5.82. The lowest BCUT2D eigenvalue weighted by atomic mass is 10.1. The number of carbonyl (C=O) groups excluding carboxylic acids is 1. The van der Waals surface area contributed by atoms with Gasteiger partial charge in [0.15, 0.2) is 0 Å². The Morgan fingerprint density at radius 2 is 1.94 bits per heavy atom. The lowest BCUT2D eigenvalue weighted by Gasteiger charge is -2.20. The van der Waals surface area contributed by atoms with Crippen LogP contribution in [-0.4, -0.2) is 47.6 Å². The first kappa shape index (κ1) is 11.9. The summed E-state index contributed by atoms with van der Waals surface area (Å²) < 4.78 is 0. The fraction of sp³-hybridized carbons (Fsp3) is 0.462. The Morgan fingerprint density at radius 3 is 2.47 bits per heavy atom. The summed E-state index contributed by atoms with van der Waals surface area (Å²) in [5.74, 6) is 0. The Labute approximate surface area is 101 Å². The molecule has 1 unspecified atom stereocenters. The fourth-order valence-corrected chi connectivity index (χ4v) is 1.98. The van der Waals surface area contributed by atoms with Crippen LogP contribution in [0.3, 0.4) is 0 Å². The Balaban J connectivity index is 1.99. The first-order valence-corrected chi connectivity index (χ1v) is 5.82. The third kappa shape index (κ3) is 2.58. The lowest BCUT2D eigenvalue weighted by Crippen LogP contribution is -2.32. The van der Waals surface area contributed by atoms with Crippen LogP contribution in [0, 0.1) is 6.92 Å². The van der Waals surface area contributed by atoms with E-state index >= 15 is 0 Å². The van der Waals surface area contributed by atoms with Crippen molar-refractivity contribution < 1.29 is 9.90 Å². The number of hydrogen-bond acceptors (Lipinski definition) is 2. The molecule has 17 heavy (non-hydrogen) atoms. The summed E-state index contributed by atoms with van der Waals surface area (Å²) in [5.41, 5.74) is 2.02. The molecule has 1 N–H and O–H groups in total. The van der Waals surface area contributed by atoms with Gasteiger partial charge in [0, 0.05) is 20.1 Å². The molecule has 1 fully saturated rings. The zero-order chi connectivity index (χ0) is 12.4. The van der Waals surface area contributed by atoms with Gasteiger partial charge in [0.2, 0.25) is 0 Å². The van der Waals surface area contributed by atoms with Gasteiger partial charge in [0.25, 0.3) is 0 Å².